The van der Waals surface area contributed by atoms with Crippen LogP contribution < -0.4 is 14.4 Å². The quantitative estimate of drug-likeness (QED) is 0.872. The number of carbonyl (C=O) groups excluding carboxylic acids is 1. The SMILES string of the molecule is COc1ccc(NC(=O)N2CCOCC2)cc1N1CCCCS1(=O)=O. The van der Waals surface area contributed by atoms with E-state index in [9.17, 15) is 13.2 Å². The lowest BCUT2D eigenvalue weighted by Crippen LogP contribution is -2.43. The van der Waals surface area contributed by atoms with Gasteiger partial charge in [-0.1, -0.05) is 0 Å². The zero-order valence-electron chi connectivity index (χ0n) is 14.2. The highest BCUT2D eigenvalue weighted by Crippen LogP contribution is 2.35. The van der Waals surface area contributed by atoms with Crippen LogP contribution in [0.25, 0.3) is 0 Å². The second-order valence-electron chi connectivity index (χ2n) is 6.01. The fraction of sp³-hybridized carbons (Fsp3) is 0.562. The van der Waals surface area contributed by atoms with Gasteiger partial charge in [0.15, 0.2) is 0 Å². The lowest BCUT2D eigenvalue weighted by Gasteiger charge is -2.30. The van der Waals surface area contributed by atoms with Crippen molar-refractivity contribution in [2.75, 3.05) is 55.3 Å². The van der Waals surface area contributed by atoms with E-state index in [4.69, 9.17) is 9.47 Å². The number of anilines is 2. The molecule has 25 heavy (non-hydrogen) atoms. The summed E-state index contributed by atoms with van der Waals surface area (Å²) in [6, 6.07) is 4.81. The molecule has 0 atom stereocenters. The van der Waals surface area contributed by atoms with Gasteiger partial charge in [-0.05, 0) is 31.0 Å². The molecule has 0 unspecified atom stereocenters. The number of rotatable bonds is 3. The van der Waals surface area contributed by atoms with Crippen LogP contribution in [-0.4, -0.2) is 65.1 Å². The summed E-state index contributed by atoms with van der Waals surface area (Å²) in [6.45, 7) is 2.53. The Bertz CT molecular complexity index is 731. The Kier molecular flexibility index (Phi) is 5.33. The van der Waals surface area contributed by atoms with E-state index in [1.165, 1.54) is 11.4 Å². The Labute approximate surface area is 147 Å². The van der Waals surface area contributed by atoms with Gasteiger partial charge in [-0.25, -0.2) is 13.2 Å². The highest BCUT2D eigenvalue weighted by molar-refractivity contribution is 7.92. The first-order valence-corrected chi connectivity index (χ1v) is 9.94. The van der Waals surface area contributed by atoms with Crippen LogP contribution in [0.3, 0.4) is 0 Å². The number of sulfonamides is 1. The van der Waals surface area contributed by atoms with Gasteiger partial charge in [0.1, 0.15) is 5.75 Å². The van der Waals surface area contributed by atoms with Gasteiger partial charge in [0.2, 0.25) is 10.0 Å². The number of methoxy groups -OCH3 is 1. The van der Waals surface area contributed by atoms with Crippen molar-refractivity contribution in [3.05, 3.63) is 18.2 Å². The minimum atomic E-state index is -3.36. The van der Waals surface area contributed by atoms with Crippen molar-refractivity contribution in [3.8, 4) is 5.75 Å². The van der Waals surface area contributed by atoms with Crippen molar-refractivity contribution < 1.29 is 22.7 Å². The molecule has 2 aliphatic heterocycles. The van der Waals surface area contributed by atoms with Gasteiger partial charge in [-0.2, -0.15) is 0 Å². The molecule has 0 radical (unpaired) electrons. The number of hydrogen-bond donors (Lipinski definition) is 1. The van der Waals surface area contributed by atoms with Crippen LogP contribution in [0.1, 0.15) is 12.8 Å². The zero-order chi connectivity index (χ0) is 17.9. The first-order valence-electron chi connectivity index (χ1n) is 8.33. The van der Waals surface area contributed by atoms with Gasteiger partial charge in [-0.3, -0.25) is 4.31 Å². The maximum Gasteiger partial charge on any atom is 0.322 e. The molecule has 0 saturated carbocycles. The molecule has 0 aliphatic carbocycles. The molecule has 2 fully saturated rings. The first kappa shape index (κ1) is 17.8. The van der Waals surface area contributed by atoms with E-state index in [0.29, 0.717) is 56.4 Å². The van der Waals surface area contributed by atoms with Crippen LogP contribution in [-0.2, 0) is 14.8 Å². The number of nitrogens with one attached hydrogen (secondary N) is 1. The molecule has 2 amide bonds. The number of carbonyl (C=O) groups is 1. The van der Waals surface area contributed by atoms with Crippen molar-refractivity contribution in [3.63, 3.8) is 0 Å². The van der Waals surface area contributed by atoms with Crippen LogP contribution >= 0.6 is 0 Å². The molecule has 8 nitrogen and oxygen atoms in total. The largest absolute Gasteiger partial charge is 0.495 e. The summed E-state index contributed by atoms with van der Waals surface area (Å²) in [5, 5.41) is 2.82. The normalized spacial score (nSPS) is 20.2. The number of hydrogen-bond acceptors (Lipinski definition) is 5. The Morgan fingerprint density at radius 1 is 1.20 bits per heavy atom. The highest BCUT2D eigenvalue weighted by Gasteiger charge is 2.28. The molecule has 9 heteroatoms. The fourth-order valence-electron chi connectivity index (χ4n) is 2.99. The molecule has 138 valence electrons. The first-order chi connectivity index (χ1) is 12.0. The number of ether oxygens (including phenoxy) is 2. The smallest absolute Gasteiger partial charge is 0.322 e. The van der Waals surface area contributed by atoms with Gasteiger partial charge in [-0.15, -0.1) is 0 Å². The van der Waals surface area contributed by atoms with Crippen LogP contribution in [0.15, 0.2) is 18.2 Å². The fourth-order valence-corrected chi connectivity index (χ4v) is 4.63. The van der Waals surface area contributed by atoms with E-state index in [1.54, 1.807) is 23.1 Å². The van der Waals surface area contributed by atoms with E-state index in [2.05, 4.69) is 5.32 Å². The summed E-state index contributed by atoms with van der Waals surface area (Å²) < 4.78 is 36.7. The van der Waals surface area contributed by atoms with Crippen molar-refractivity contribution >= 4 is 27.4 Å². The molecule has 2 aliphatic rings. The van der Waals surface area contributed by atoms with Crippen molar-refractivity contribution in [1.29, 1.82) is 0 Å². The predicted octanol–water partition coefficient (Wildman–Crippen LogP) is 1.49. The van der Waals surface area contributed by atoms with E-state index in [0.717, 1.165) is 6.42 Å². The molecule has 1 aromatic carbocycles. The number of urea groups is 1. The lowest BCUT2D eigenvalue weighted by molar-refractivity contribution is 0.0564. The highest BCUT2D eigenvalue weighted by atomic mass is 32.2. The molecule has 1 N–H and O–H groups in total. The van der Waals surface area contributed by atoms with Crippen molar-refractivity contribution in [1.82, 2.24) is 4.90 Å². The van der Waals surface area contributed by atoms with Gasteiger partial charge in [0, 0.05) is 25.3 Å². The van der Waals surface area contributed by atoms with E-state index in [1.807, 2.05) is 0 Å². The number of amides is 2. The van der Waals surface area contributed by atoms with E-state index >= 15 is 0 Å². The lowest BCUT2D eigenvalue weighted by atomic mass is 10.2. The average Bonchev–Trinajstić information content (AvgIpc) is 2.62. The molecular formula is C16H23N3O5S. The van der Waals surface area contributed by atoms with Crippen LogP contribution in [0.4, 0.5) is 16.2 Å². The maximum absolute atomic E-state index is 12.4. The summed E-state index contributed by atoms with van der Waals surface area (Å²) in [4.78, 5) is 14.0. The maximum atomic E-state index is 12.4. The predicted molar refractivity (Wildman–Crippen MR) is 94.8 cm³/mol. The zero-order valence-corrected chi connectivity index (χ0v) is 15.0. The summed E-state index contributed by atoms with van der Waals surface area (Å²) in [7, 11) is -1.86. The summed E-state index contributed by atoms with van der Waals surface area (Å²) in [5.41, 5.74) is 0.995. The molecule has 0 spiro atoms. The summed E-state index contributed by atoms with van der Waals surface area (Å²) in [5.74, 6) is 0.593. The Balaban J connectivity index is 1.83. The molecule has 2 heterocycles. The Hall–Kier alpha value is -2.00. The standard InChI is InChI=1S/C16H23N3O5S/c1-23-15-5-4-13(17-16(20)18-7-9-24-10-8-18)12-14(15)19-6-2-3-11-25(19,21)22/h4-5,12H,2-3,6-11H2,1H3,(H,17,20). The monoisotopic (exact) mass is 369 g/mol. The number of morpholine rings is 1. The second kappa shape index (κ2) is 7.49. The average molecular weight is 369 g/mol. The van der Waals surface area contributed by atoms with Gasteiger partial charge < -0.3 is 19.7 Å². The van der Waals surface area contributed by atoms with E-state index < -0.39 is 10.0 Å². The summed E-state index contributed by atoms with van der Waals surface area (Å²) >= 11 is 0. The molecule has 0 bridgehead atoms. The molecule has 3 rings (SSSR count). The molecule has 2 saturated heterocycles. The van der Waals surface area contributed by atoms with Crippen molar-refractivity contribution in [2.24, 2.45) is 0 Å². The minimum Gasteiger partial charge on any atom is -0.495 e. The number of benzene rings is 1. The minimum absolute atomic E-state index is 0.126. The van der Waals surface area contributed by atoms with Gasteiger partial charge in [0.25, 0.3) is 0 Å². The van der Waals surface area contributed by atoms with Crippen LogP contribution in [0, 0.1) is 0 Å². The number of nitrogens with zero attached hydrogens (tertiary/aromatic N) is 2. The Morgan fingerprint density at radius 3 is 2.64 bits per heavy atom. The molecule has 0 aromatic heterocycles. The Morgan fingerprint density at radius 2 is 1.96 bits per heavy atom. The van der Waals surface area contributed by atoms with Crippen molar-refractivity contribution in [2.45, 2.75) is 12.8 Å². The topological polar surface area (TPSA) is 88.2 Å². The van der Waals surface area contributed by atoms with E-state index in [-0.39, 0.29) is 11.8 Å². The van der Waals surface area contributed by atoms with Gasteiger partial charge >= 0.3 is 6.03 Å². The third-order valence-electron chi connectivity index (χ3n) is 4.35. The van der Waals surface area contributed by atoms with Gasteiger partial charge in [0.05, 0.1) is 31.8 Å². The molecular weight excluding hydrogens is 346 g/mol. The third kappa shape index (κ3) is 3.98. The molecule has 1 aromatic rings. The van der Waals surface area contributed by atoms with Crippen LogP contribution in [0.2, 0.25) is 0 Å². The second-order valence-corrected chi connectivity index (χ2v) is 8.02. The van der Waals surface area contributed by atoms with Crippen LogP contribution in [0.5, 0.6) is 5.75 Å². The third-order valence-corrected chi connectivity index (χ3v) is 6.20. The summed E-state index contributed by atoms with van der Waals surface area (Å²) in [6.07, 6.45) is 1.46.